The molecule has 0 saturated carbocycles. The summed E-state index contributed by atoms with van der Waals surface area (Å²) in [4.78, 5) is 17.0. The Balaban J connectivity index is 1.31. The number of carbonyl (C=O) groups excluding carboxylic acids is 1. The highest BCUT2D eigenvalue weighted by Gasteiger charge is 2.27. The molecule has 0 amide bonds. The molecule has 0 unspecified atom stereocenters. The minimum Gasteiger partial charge on any atom is -0.454 e. The van der Waals surface area contributed by atoms with Gasteiger partial charge in [-0.2, -0.15) is 0 Å². The van der Waals surface area contributed by atoms with Crippen molar-refractivity contribution in [3.8, 4) is 11.5 Å². The summed E-state index contributed by atoms with van der Waals surface area (Å²) in [6, 6.07) is 15.0. The Morgan fingerprint density at radius 1 is 1.03 bits per heavy atom. The van der Waals surface area contributed by atoms with Crippen LogP contribution >= 0.6 is 0 Å². The molecular weight excluding hydrogens is 416 g/mol. The molecule has 0 saturated heterocycles. The Morgan fingerprint density at radius 3 is 2.71 bits per heavy atom. The second-order valence-electron chi connectivity index (χ2n) is 7.17. The average Bonchev–Trinajstić information content (AvgIpc) is 3.46. The predicted octanol–water partition coefficient (Wildman–Crippen LogP) is 3.71. The van der Waals surface area contributed by atoms with Crippen molar-refractivity contribution in [3.63, 3.8) is 0 Å². The summed E-state index contributed by atoms with van der Waals surface area (Å²) < 4.78 is 38.5. The Bertz CT molecular complexity index is 1390. The van der Waals surface area contributed by atoms with Crippen molar-refractivity contribution in [2.45, 2.75) is 22.6 Å². The number of rotatable bonds is 6. The summed E-state index contributed by atoms with van der Waals surface area (Å²) in [5.74, 6) is 0.682. The van der Waals surface area contributed by atoms with E-state index in [-0.39, 0.29) is 28.1 Å². The molecule has 0 N–H and O–H groups in total. The Hall–Kier alpha value is -3.65. The van der Waals surface area contributed by atoms with E-state index in [4.69, 9.17) is 9.47 Å². The number of sulfone groups is 1. The van der Waals surface area contributed by atoms with E-state index in [1.54, 1.807) is 61.1 Å². The third-order valence-corrected chi connectivity index (χ3v) is 7.03. The van der Waals surface area contributed by atoms with Crippen molar-refractivity contribution < 1.29 is 22.7 Å². The fraction of sp³-hybridized carbons (Fsp3) is 0.130. The summed E-state index contributed by atoms with van der Waals surface area (Å²) in [6.07, 6.45) is 6.08. The van der Waals surface area contributed by atoms with Crippen LogP contribution in [0.4, 0.5) is 0 Å². The first-order chi connectivity index (χ1) is 15.0. The Kier molecular flexibility index (Phi) is 4.71. The van der Waals surface area contributed by atoms with Gasteiger partial charge in [-0.15, -0.1) is 0 Å². The molecule has 1 aliphatic heterocycles. The quantitative estimate of drug-likeness (QED) is 0.430. The van der Waals surface area contributed by atoms with E-state index in [1.807, 2.05) is 10.5 Å². The van der Waals surface area contributed by atoms with Crippen LogP contribution in [0.2, 0.25) is 0 Å². The van der Waals surface area contributed by atoms with Crippen LogP contribution in [0.25, 0.3) is 5.65 Å². The SMILES string of the molecule is O=C(CCc1ccc(S(=O)(=O)c2cccc3c2OCO3)cc1)c1ccc2nccn2c1. The monoisotopic (exact) mass is 434 g/mol. The van der Waals surface area contributed by atoms with Crippen LogP contribution in [0.5, 0.6) is 11.5 Å². The molecule has 31 heavy (non-hydrogen) atoms. The zero-order valence-corrected chi connectivity index (χ0v) is 17.2. The van der Waals surface area contributed by atoms with Gasteiger partial charge in [-0.3, -0.25) is 4.79 Å². The number of nitrogens with zero attached hydrogens (tertiary/aromatic N) is 2. The molecule has 2 aromatic carbocycles. The van der Waals surface area contributed by atoms with Crippen molar-refractivity contribution in [2.75, 3.05) is 6.79 Å². The van der Waals surface area contributed by atoms with Crippen molar-refractivity contribution in [2.24, 2.45) is 0 Å². The standard InChI is InChI=1S/C23H18N2O5S/c26-19(17-7-11-22-24-12-13-25(22)14-17)10-6-16-4-8-18(9-5-16)31(27,28)21-3-1-2-20-23(21)30-15-29-20/h1-5,7-9,11-14H,6,10,15H2. The number of imidazole rings is 1. The van der Waals surface area contributed by atoms with Gasteiger partial charge in [-0.1, -0.05) is 18.2 Å². The van der Waals surface area contributed by atoms with Gasteiger partial charge in [0.1, 0.15) is 10.5 Å². The zero-order chi connectivity index (χ0) is 21.4. The molecule has 0 spiro atoms. The van der Waals surface area contributed by atoms with Crippen molar-refractivity contribution in [1.82, 2.24) is 9.38 Å². The summed E-state index contributed by atoms with van der Waals surface area (Å²) in [5.41, 5.74) is 2.29. The van der Waals surface area contributed by atoms with E-state index < -0.39 is 9.84 Å². The van der Waals surface area contributed by atoms with Crippen molar-refractivity contribution in [3.05, 3.63) is 84.3 Å². The van der Waals surface area contributed by atoms with E-state index in [0.717, 1.165) is 11.2 Å². The normalized spacial score (nSPS) is 12.9. The minimum absolute atomic E-state index is 0.00259. The summed E-state index contributed by atoms with van der Waals surface area (Å²) >= 11 is 0. The number of aryl methyl sites for hydroxylation is 1. The van der Waals surface area contributed by atoms with Crippen LogP contribution in [0.3, 0.4) is 0 Å². The minimum atomic E-state index is -3.75. The van der Waals surface area contributed by atoms with E-state index in [1.165, 1.54) is 6.07 Å². The molecule has 5 rings (SSSR count). The molecule has 156 valence electrons. The molecule has 8 heteroatoms. The second kappa shape index (κ2) is 7.55. The number of fused-ring (bicyclic) bond motifs is 2. The molecular formula is C23H18N2O5S. The van der Waals surface area contributed by atoms with Gasteiger partial charge in [0.25, 0.3) is 0 Å². The molecule has 3 heterocycles. The molecule has 0 atom stereocenters. The highest BCUT2D eigenvalue weighted by atomic mass is 32.2. The maximum atomic E-state index is 13.0. The Morgan fingerprint density at radius 2 is 1.87 bits per heavy atom. The number of hydrogen-bond donors (Lipinski definition) is 0. The van der Waals surface area contributed by atoms with Crippen LogP contribution < -0.4 is 9.47 Å². The Labute approximate surface area is 178 Å². The van der Waals surface area contributed by atoms with Crippen LogP contribution in [-0.2, 0) is 16.3 Å². The second-order valence-corrected chi connectivity index (χ2v) is 9.09. The molecule has 0 fully saturated rings. The third-order valence-electron chi connectivity index (χ3n) is 5.24. The first-order valence-electron chi connectivity index (χ1n) is 9.71. The fourth-order valence-corrected chi connectivity index (χ4v) is 4.97. The van der Waals surface area contributed by atoms with Gasteiger partial charge in [0, 0.05) is 30.6 Å². The largest absolute Gasteiger partial charge is 0.454 e. The topological polar surface area (TPSA) is 87.0 Å². The number of hydrogen-bond acceptors (Lipinski definition) is 6. The average molecular weight is 434 g/mol. The molecule has 4 aromatic rings. The number of ether oxygens (including phenoxy) is 2. The van der Waals surface area contributed by atoms with Gasteiger partial charge in [0.2, 0.25) is 16.6 Å². The number of benzene rings is 2. The first kappa shape index (κ1) is 19.3. The molecule has 2 aromatic heterocycles. The number of pyridine rings is 1. The maximum Gasteiger partial charge on any atom is 0.231 e. The number of para-hydroxylation sites is 1. The fourth-order valence-electron chi connectivity index (χ4n) is 3.56. The lowest BCUT2D eigenvalue weighted by Crippen LogP contribution is -2.05. The third kappa shape index (κ3) is 3.55. The summed E-state index contributed by atoms with van der Waals surface area (Å²) in [5, 5.41) is 0. The predicted molar refractivity (Wildman–Crippen MR) is 112 cm³/mol. The number of Topliss-reactive ketones (excluding diaryl/α,β-unsaturated/α-hetero) is 1. The smallest absolute Gasteiger partial charge is 0.231 e. The van der Waals surface area contributed by atoms with Gasteiger partial charge < -0.3 is 13.9 Å². The first-order valence-corrected chi connectivity index (χ1v) is 11.2. The highest BCUT2D eigenvalue weighted by Crippen LogP contribution is 2.40. The molecule has 0 bridgehead atoms. The number of carbonyl (C=O) groups is 1. The maximum absolute atomic E-state index is 13.0. The summed E-state index contributed by atoms with van der Waals surface area (Å²) in [6.45, 7) is 0.00259. The lowest BCUT2D eigenvalue weighted by atomic mass is 10.0. The number of ketones is 1. The lowest BCUT2D eigenvalue weighted by molar-refractivity contribution is 0.0982. The van der Waals surface area contributed by atoms with E-state index in [9.17, 15) is 13.2 Å². The van der Waals surface area contributed by atoms with E-state index in [0.29, 0.717) is 24.2 Å². The van der Waals surface area contributed by atoms with Gasteiger partial charge in [0.05, 0.1) is 4.90 Å². The molecule has 0 aliphatic carbocycles. The van der Waals surface area contributed by atoms with E-state index >= 15 is 0 Å². The summed E-state index contributed by atoms with van der Waals surface area (Å²) in [7, 11) is -3.75. The van der Waals surface area contributed by atoms with Crippen LogP contribution in [-0.4, -0.2) is 30.4 Å². The van der Waals surface area contributed by atoms with Crippen LogP contribution in [0, 0.1) is 0 Å². The molecule has 0 radical (unpaired) electrons. The van der Waals surface area contributed by atoms with Gasteiger partial charge >= 0.3 is 0 Å². The van der Waals surface area contributed by atoms with Gasteiger partial charge in [0.15, 0.2) is 17.3 Å². The highest BCUT2D eigenvalue weighted by molar-refractivity contribution is 7.91. The van der Waals surface area contributed by atoms with Gasteiger partial charge in [-0.05, 0) is 48.4 Å². The van der Waals surface area contributed by atoms with Gasteiger partial charge in [-0.25, -0.2) is 13.4 Å². The number of aromatic nitrogens is 2. The zero-order valence-electron chi connectivity index (χ0n) is 16.4. The lowest BCUT2D eigenvalue weighted by Gasteiger charge is -2.09. The van der Waals surface area contributed by atoms with Crippen LogP contribution in [0.15, 0.2) is 83.0 Å². The molecule has 7 nitrogen and oxygen atoms in total. The van der Waals surface area contributed by atoms with Crippen molar-refractivity contribution >= 4 is 21.3 Å². The molecule has 1 aliphatic rings. The van der Waals surface area contributed by atoms with Crippen LogP contribution in [0.1, 0.15) is 22.3 Å². The van der Waals surface area contributed by atoms with Crippen molar-refractivity contribution in [1.29, 1.82) is 0 Å². The van der Waals surface area contributed by atoms with E-state index in [2.05, 4.69) is 4.98 Å².